The highest BCUT2D eigenvalue weighted by molar-refractivity contribution is 5.88. The smallest absolute Gasteiger partial charge is 0.152 e. The summed E-state index contributed by atoms with van der Waals surface area (Å²) in [7, 11) is 0. The zero-order valence-corrected chi connectivity index (χ0v) is 8.33. The van der Waals surface area contributed by atoms with Gasteiger partial charge in [0, 0.05) is 0 Å². The molecule has 16 heavy (non-hydrogen) atoms. The molecule has 0 spiro atoms. The van der Waals surface area contributed by atoms with Crippen LogP contribution in [-0.4, -0.2) is 21.0 Å². The molecule has 0 saturated carbocycles. The minimum Gasteiger partial charge on any atom is -0.543 e. The van der Waals surface area contributed by atoms with Gasteiger partial charge in [-0.3, -0.25) is 0 Å². The molecular formula is C10H9N4O2-. The third-order valence-corrected chi connectivity index (χ3v) is 2.14. The van der Waals surface area contributed by atoms with Crippen molar-refractivity contribution < 1.29 is 9.90 Å². The number of carboxylic acid groups (broad SMARTS) is 1. The van der Waals surface area contributed by atoms with Crippen molar-refractivity contribution in [2.75, 3.05) is 5.73 Å². The molecular weight excluding hydrogens is 208 g/mol. The predicted molar refractivity (Wildman–Crippen MR) is 54.3 cm³/mol. The number of carbonyl (C=O) groups is 1. The number of carboxylic acids is 1. The van der Waals surface area contributed by atoms with E-state index >= 15 is 0 Å². The van der Waals surface area contributed by atoms with Crippen LogP contribution in [-0.2, 0) is 6.54 Å². The third-order valence-electron chi connectivity index (χ3n) is 2.14. The number of hydrogen-bond donors (Lipinski definition) is 1. The Bertz CT molecular complexity index is 507. The molecule has 0 atom stereocenters. The average Bonchev–Trinajstić information content (AvgIpc) is 2.62. The summed E-state index contributed by atoms with van der Waals surface area (Å²) in [5.74, 6) is -1.42. The van der Waals surface area contributed by atoms with Crippen molar-refractivity contribution >= 4 is 11.8 Å². The monoisotopic (exact) mass is 217 g/mol. The topological polar surface area (TPSA) is 96.9 Å². The molecule has 0 aliphatic rings. The van der Waals surface area contributed by atoms with E-state index in [0.717, 1.165) is 5.56 Å². The maximum atomic E-state index is 10.6. The minimum absolute atomic E-state index is 0.00357. The Labute approximate surface area is 91.3 Å². The van der Waals surface area contributed by atoms with E-state index in [-0.39, 0.29) is 11.5 Å². The van der Waals surface area contributed by atoms with Crippen LogP contribution in [0.25, 0.3) is 0 Å². The quantitative estimate of drug-likeness (QED) is 0.731. The molecule has 1 aromatic heterocycles. The molecule has 1 aromatic carbocycles. The molecule has 1 heterocycles. The molecule has 0 saturated heterocycles. The van der Waals surface area contributed by atoms with Crippen molar-refractivity contribution in [3.05, 3.63) is 41.6 Å². The summed E-state index contributed by atoms with van der Waals surface area (Å²) in [5, 5.41) is 17.7. The van der Waals surface area contributed by atoms with Crippen molar-refractivity contribution in [2.45, 2.75) is 6.54 Å². The van der Waals surface area contributed by atoms with Crippen molar-refractivity contribution in [1.29, 1.82) is 0 Å². The van der Waals surface area contributed by atoms with Gasteiger partial charge in [-0.1, -0.05) is 35.5 Å². The van der Waals surface area contributed by atoms with Crippen LogP contribution in [0.5, 0.6) is 0 Å². The standard InChI is InChI=1S/C10H10N4O2/c11-9-8(10(15)16)12-13-14(9)6-7-4-2-1-3-5-7/h1-5H,6,11H2,(H,15,16)/p-1. The third kappa shape index (κ3) is 1.85. The fraction of sp³-hybridized carbons (Fsp3) is 0.100. The molecule has 0 aliphatic carbocycles. The van der Waals surface area contributed by atoms with E-state index in [1.807, 2.05) is 30.3 Å². The van der Waals surface area contributed by atoms with E-state index in [1.165, 1.54) is 4.68 Å². The number of nitrogen functional groups attached to an aromatic ring is 1. The Kier molecular flexibility index (Phi) is 2.55. The highest BCUT2D eigenvalue weighted by Gasteiger charge is 2.09. The van der Waals surface area contributed by atoms with Crippen LogP contribution in [0, 0.1) is 0 Å². The first kappa shape index (κ1) is 10.2. The fourth-order valence-electron chi connectivity index (χ4n) is 1.34. The van der Waals surface area contributed by atoms with Gasteiger partial charge >= 0.3 is 0 Å². The summed E-state index contributed by atoms with van der Waals surface area (Å²) in [4.78, 5) is 10.6. The van der Waals surface area contributed by atoms with Crippen molar-refractivity contribution in [3.8, 4) is 0 Å². The second kappa shape index (κ2) is 4.01. The lowest BCUT2D eigenvalue weighted by Crippen LogP contribution is -2.24. The van der Waals surface area contributed by atoms with Gasteiger partial charge < -0.3 is 15.6 Å². The normalized spacial score (nSPS) is 10.2. The zero-order valence-electron chi connectivity index (χ0n) is 8.33. The second-order valence-corrected chi connectivity index (χ2v) is 3.25. The van der Waals surface area contributed by atoms with Crippen LogP contribution in [0.2, 0.25) is 0 Å². The molecule has 2 aromatic rings. The lowest BCUT2D eigenvalue weighted by atomic mass is 10.2. The SMILES string of the molecule is Nc1c(C(=O)[O-])nnn1Cc1ccccc1. The molecule has 0 aliphatic heterocycles. The van der Waals surface area contributed by atoms with E-state index in [4.69, 9.17) is 5.73 Å². The molecule has 0 radical (unpaired) electrons. The Hall–Kier alpha value is -2.37. The highest BCUT2D eigenvalue weighted by atomic mass is 16.4. The van der Waals surface area contributed by atoms with Crippen LogP contribution < -0.4 is 10.8 Å². The van der Waals surface area contributed by atoms with Crippen molar-refractivity contribution in [2.24, 2.45) is 0 Å². The number of nitrogens with two attached hydrogens (primary N) is 1. The molecule has 2 N–H and O–H groups in total. The largest absolute Gasteiger partial charge is 0.543 e. The van der Waals surface area contributed by atoms with Crippen LogP contribution in [0.1, 0.15) is 16.1 Å². The number of carbonyl (C=O) groups excluding carboxylic acids is 1. The van der Waals surface area contributed by atoms with Gasteiger partial charge in [0.15, 0.2) is 11.5 Å². The van der Waals surface area contributed by atoms with Gasteiger partial charge in [-0.25, -0.2) is 4.68 Å². The first-order chi connectivity index (χ1) is 7.68. The minimum atomic E-state index is -1.42. The van der Waals surface area contributed by atoms with Crippen LogP contribution >= 0.6 is 0 Å². The summed E-state index contributed by atoms with van der Waals surface area (Å²) < 4.78 is 1.32. The fourth-order valence-corrected chi connectivity index (χ4v) is 1.34. The van der Waals surface area contributed by atoms with Gasteiger partial charge in [0.25, 0.3) is 0 Å². The van der Waals surface area contributed by atoms with Gasteiger partial charge in [-0.2, -0.15) is 0 Å². The number of benzene rings is 1. The number of anilines is 1. The average molecular weight is 217 g/mol. The van der Waals surface area contributed by atoms with E-state index in [0.29, 0.717) is 6.54 Å². The summed E-state index contributed by atoms with van der Waals surface area (Å²) in [6.45, 7) is 0.382. The number of aromatic nitrogens is 3. The van der Waals surface area contributed by atoms with Crippen LogP contribution in [0.4, 0.5) is 5.82 Å². The lowest BCUT2D eigenvalue weighted by Gasteiger charge is -2.03. The Balaban J connectivity index is 2.26. The molecule has 0 unspecified atom stereocenters. The predicted octanol–water partition coefficient (Wildman–Crippen LogP) is -0.728. The van der Waals surface area contributed by atoms with E-state index in [9.17, 15) is 9.90 Å². The summed E-state index contributed by atoms with van der Waals surface area (Å²) in [6.07, 6.45) is 0. The Morgan fingerprint density at radius 1 is 1.38 bits per heavy atom. The molecule has 2 rings (SSSR count). The molecule has 6 nitrogen and oxygen atoms in total. The van der Waals surface area contributed by atoms with E-state index < -0.39 is 5.97 Å². The zero-order chi connectivity index (χ0) is 11.5. The molecule has 0 bridgehead atoms. The van der Waals surface area contributed by atoms with Gasteiger partial charge in [-0.05, 0) is 5.56 Å². The first-order valence-electron chi connectivity index (χ1n) is 4.62. The first-order valence-corrected chi connectivity index (χ1v) is 4.62. The summed E-state index contributed by atoms with van der Waals surface area (Å²) >= 11 is 0. The van der Waals surface area contributed by atoms with Crippen LogP contribution in [0.3, 0.4) is 0 Å². The molecule has 0 fully saturated rings. The van der Waals surface area contributed by atoms with Crippen molar-refractivity contribution in [1.82, 2.24) is 15.0 Å². The molecule has 0 amide bonds. The highest BCUT2D eigenvalue weighted by Crippen LogP contribution is 2.09. The number of nitrogens with zero attached hydrogens (tertiary/aromatic N) is 3. The summed E-state index contributed by atoms with van der Waals surface area (Å²) in [5.41, 5.74) is 6.21. The van der Waals surface area contributed by atoms with Gasteiger partial charge in [0.05, 0.1) is 12.5 Å². The van der Waals surface area contributed by atoms with Crippen LogP contribution in [0.15, 0.2) is 30.3 Å². The lowest BCUT2D eigenvalue weighted by molar-refractivity contribution is -0.255. The maximum Gasteiger partial charge on any atom is 0.152 e. The van der Waals surface area contributed by atoms with Crippen molar-refractivity contribution in [3.63, 3.8) is 0 Å². The number of aromatic carboxylic acids is 1. The van der Waals surface area contributed by atoms with E-state index in [2.05, 4.69) is 10.3 Å². The second-order valence-electron chi connectivity index (χ2n) is 3.25. The number of rotatable bonds is 3. The summed E-state index contributed by atoms with van der Waals surface area (Å²) in [6, 6.07) is 9.42. The van der Waals surface area contributed by atoms with Gasteiger partial charge in [-0.15, -0.1) is 5.10 Å². The Morgan fingerprint density at radius 3 is 2.62 bits per heavy atom. The Morgan fingerprint density at radius 2 is 2.06 bits per heavy atom. The maximum absolute atomic E-state index is 10.6. The van der Waals surface area contributed by atoms with E-state index in [1.54, 1.807) is 0 Å². The molecule has 82 valence electrons. The number of hydrogen-bond acceptors (Lipinski definition) is 5. The van der Waals surface area contributed by atoms with Gasteiger partial charge in [0.1, 0.15) is 0 Å². The molecule has 6 heteroatoms. The van der Waals surface area contributed by atoms with Gasteiger partial charge in [0.2, 0.25) is 0 Å².